The molecule has 0 radical (unpaired) electrons. The standard InChI is InChI=1S/C22H30N2O5.CO2/c1-16-17(5-3-7-19(16)14-25)12-24(13-21(27)28)10-9-23(2)11-18-6-4-8-20(15-26)22(18)29;2-1-3/h3-8,25-26,29H,9-15H2,1-2H3,(H,27,28);. The fraction of sp³-hybridized carbons (Fsp3) is 0.391. The first-order valence-electron chi connectivity index (χ1n) is 9.98. The molecule has 0 bridgehead atoms. The molecule has 0 spiro atoms. The number of hydrogen-bond donors (Lipinski definition) is 4. The van der Waals surface area contributed by atoms with E-state index in [1.54, 1.807) is 12.1 Å². The van der Waals surface area contributed by atoms with Crippen LogP contribution in [0.4, 0.5) is 0 Å². The Balaban J connectivity index is 0.00000161. The Hall–Kier alpha value is -3.07. The van der Waals surface area contributed by atoms with Crippen molar-refractivity contribution in [3.05, 3.63) is 64.2 Å². The van der Waals surface area contributed by atoms with Crippen molar-refractivity contribution in [2.45, 2.75) is 33.2 Å². The van der Waals surface area contributed by atoms with Gasteiger partial charge in [0.15, 0.2) is 0 Å². The van der Waals surface area contributed by atoms with Crippen molar-refractivity contribution in [2.75, 3.05) is 26.7 Å². The molecule has 32 heavy (non-hydrogen) atoms. The second-order valence-electron chi connectivity index (χ2n) is 7.37. The third-order valence-electron chi connectivity index (χ3n) is 5.09. The van der Waals surface area contributed by atoms with Gasteiger partial charge in [0.2, 0.25) is 0 Å². The molecule has 0 unspecified atom stereocenters. The Kier molecular flexibility index (Phi) is 11.9. The van der Waals surface area contributed by atoms with E-state index in [-0.39, 0.29) is 31.7 Å². The van der Waals surface area contributed by atoms with Crippen LogP contribution in [-0.4, -0.2) is 69.0 Å². The van der Waals surface area contributed by atoms with Gasteiger partial charge in [0.1, 0.15) is 5.75 Å². The van der Waals surface area contributed by atoms with E-state index >= 15 is 0 Å². The van der Waals surface area contributed by atoms with Gasteiger partial charge in [0, 0.05) is 37.3 Å². The minimum absolute atomic E-state index is 0.0439. The molecule has 0 aliphatic rings. The number of rotatable bonds is 11. The Morgan fingerprint density at radius 3 is 2.00 bits per heavy atom. The van der Waals surface area contributed by atoms with Crippen LogP contribution >= 0.6 is 0 Å². The summed E-state index contributed by atoms with van der Waals surface area (Å²) in [5.41, 5.74) is 4.02. The summed E-state index contributed by atoms with van der Waals surface area (Å²) in [6.07, 6.45) is 0.250. The van der Waals surface area contributed by atoms with Crippen LogP contribution in [0.2, 0.25) is 0 Å². The van der Waals surface area contributed by atoms with Crippen molar-refractivity contribution in [1.29, 1.82) is 0 Å². The maximum absolute atomic E-state index is 11.3. The summed E-state index contributed by atoms with van der Waals surface area (Å²) in [5, 5.41) is 38.2. The lowest BCUT2D eigenvalue weighted by atomic mass is 10.0. The summed E-state index contributed by atoms with van der Waals surface area (Å²) in [6, 6.07) is 11.0. The molecule has 0 heterocycles. The zero-order valence-corrected chi connectivity index (χ0v) is 18.3. The minimum atomic E-state index is -0.892. The predicted molar refractivity (Wildman–Crippen MR) is 115 cm³/mol. The van der Waals surface area contributed by atoms with Crippen molar-refractivity contribution in [3.63, 3.8) is 0 Å². The summed E-state index contributed by atoms with van der Waals surface area (Å²) in [6.45, 7) is 3.69. The number of aliphatic hydroxyl groups excluding tert-OH is 2. The Bertz CT molecular complexity index is 911. The van der Waals surface area contributed by atoms with Crippen LogP contribution in [0.3, 0.4) is 0 Å². The van der Waals surface area contributed by atoms with Crippen LogP contribution in [0.5, 0.6) is 5.75 Å². The van der Waals surface area contributed by atoms with Gasteiger partial charge in [-0.25, -0.2) is 0 Å². The van der Waals surface area contributed by atoms with E-state index in [1.807, 2.05) is 48.0 Å². The van der Waals surface area contributed by atoms with Crippen molar-refractivity contribution in [3.8, 4) is 5.75 Å². The summed E-state index contributed by atoms with van der Waals surface area (Å²) < 4.78 is 0. The highest BCUT2D eigenvalue weighted by Gasteiger charge is 2.15. The van der Waals surface area contributed by atoms with Gasteiger partial charge in [-0.15, -0.1) is 0 Å². The SMILES string of the molecule is Cc1c(CO)cccc1CN(CCN(C)Cc1cccc(CO)c1O)CC(=O)O.O=C=O. The first kappa shape index (κ1) is 27.0. The Morgan fingerprint density at radius 2 is 1.44 bits per heavy atom. The van der Waals surface area contributed by atoms with E-state index < -0.39 is 5.97 Å². The number of carbonyl (C=O) groups excluding carboxylic acids is 2. The number of hydrogen-bond acceptors (Lipinski definition) is 8. The fourth-order valence-electron chi connectivity index (χ4n) is 3.31. The zero-order valence-electron chi connectivity index (χ0n) is 18.3. The van der Waals surface area contributed by atoms with Crippen LogP contribution in [0.15, 0.2) is 36.4 Å². The van der Waals surface area contributed by atoms with Crippen LogP contribution in [0, 0.1) is 6.92 Å². The van der Waals surface area contributed by atoms with E-state index in [4.69, 9.17) is 9.59 Å². The topological polar surface area (TPSA) is 139 Å². The molecule has 9 heteroatoms. The molecule has 9 nitrogen and oxygen atoms in total. The summed E-state index contributed by atoms with van der Waals surface area (Å²) in [5.74, 6) is -0.794. The van der Waals surface area contributed by atoms with Gasteiger partial charge in [0.25, 0.3) is 0 Å². The molecule has 0 aromatic heterocycles. The summed E-state index contributed by atoms with van der Waals surface area (Å²) in [7, 11) is 1.90. The number of nitrogens with zero attached hydrogens (tertiary/aromatic N) is 2. The maximum atomic E-state index is 11.3. The molecule has 0 aliphatic heterocycles. The van der Waals surface area contributed by atoms with Crippen molar-refractivity contribution >= 4 is 12.1 Å². The number of phenols is 1. The van der Waals surface area contributed by atoms with E-state index in [0.29, 0.717) is 31.7 Å². The number of likely N-dealkylation sites (N-methyl/N-ethyl adjacent to an activating group) is 1. The molecule has 2 aromatic carbocycles. The van der Waals surface area contributed by atoms with Crippen LogP contribution in [0.1, 0.15) is 27.8 Å². The molecule has 174 valence electrons. The average molecular weight is 447 g/mol. The molecule has 2 aromatic rings. The quantitative estimate of drug-likeness (QED) is 0.400. The normalized spacial score (nSPS) is 10.6. The average Bonchev–Trinajstić information content (AvgIpc) is 2.75. The van der Waals surface area contributed by atoms with E-state index in [0.717, 1.165) is 22.3 Å². The fourth-order valence-corrected chi connectivity index (χ4v) is 3.31. The van der Waals surface area contributed by atoms with Gasteiger partial charge >= 0.3 is 12.1 Å². The number of carbonyl (C=O) groups is 1. The number of aromatic hydroxyl groups is 1. The van der Waals surface area contributed by atoms with Crippen molar-refractivity contribution in [2.24, 2.45) is 0 Å². The molecule has 0 aliphatic carbocycles. The van der Waals surface area contributed by atoms with Gasteiger partial charge in [-0.05, 0) is 30.7 Å². The highest BCUT2D eigenvalue weighted by molar-refractivity contribution is 5.69. The first-order valence-corrected chi connectivity index (χ1v) is 9.98. The number of aliphatic carboxylic acids is 1. The third kappa shape index (κ3) is 8.58. The number of carboxylic acid groups (broad SMARTS) is 1. The predicted octanol–water partition coefficient (Wildman–Crippen LogP) is 1.12. The van der Waals surface area contributed by atoms with Gasteiger partial charge in [-0.1, -0.05) is 36.4 Å². The first-order chi connectivity index (χ1) is 15.3. The van der Waals surface area contributed by atoms with Gasteiger partial charge in [-0.2, -0.15) is 9.59 Å². The molecule has 0 saturated heterocycles. The highest BCUT2D eigenvalue weighted by atomic mass is 16.4. The third-order valence-corrected chi connectivity index (χ3v) is 5.09. The van der Waals surface area contributed by atoms with Crippen LogP contribution < -0.4 is 0 Å². The summed E-state index contributed by atoms with van der Waals surface area (Å²) >= 11 is 0. The minimum Gasteiger partial charge on any atom is -0.507 e. The molecular formula is C23H30N2O7. The molecular weight excluding hydrogens is 416 g/mol. The monoisotopic (exact) mass is 446 g/mol. The highest BCUT2D eigenvalue weighted by Crippen LogP contribution is 2.23. The number of para-hydroxylation sites is 1. The second kappa shape index (κ2) is 14.1. The summed E-state index contributed by atoms with van der Waals surface area (Å²) in [4.78, 5) is 31.4. The molecule has 2 rings (SSSR count). The van der Waals surface area contributed by atoms with Gasteiger partial charge < -0.3 is 25.3 Å². The van der Waals surface area contributed by atoms with Crippen molar-refractivity contribution < 1.29 is 34.8 Å². The number of aliphatic hydroxyl groups is 2. The van der Waals surface area contributed by atoms with Crippen molar-refractivity contribution in [1.82, 2.24) is 9.80 Å². The molecule has 0 saturated carbocycles. The number of benzene rings is 2. The van der Waals surface area contributed by atoms with E-state index in [2.05, 4.69) is 0 Å². The van der Waals surface area contributed by atoms with E-state index in [9.17, 15) is 25.2 Å². The Morgan fingerprint density at radius 1 is 0.906 bits per heavy atom. The van der Waals surface area contributed by atoms with E-state index in [1.165, 1.54) is 0 Å². The molecule has 4 N–H and O–H groups in total. The lowest BCUT2D eigenvalue weighted by molar-refractivity contribution is -0.191. The van der Waals surface area contributed by atoms with Crippen LogP contribution in [0.25, 0.3) is 0 Å². The molecule has 0 fully saturated rings. The van der Waals surface area contributed by atoms with Gasteiger partial charge in [-0.3, -0.25) is 9.69 Å². The lowest BCUT2D eigenvalue weighted by Gasteiger charge is -2.25. The molecule has 0 amide bonds. The maximum Gasteiger partial charge on any atom is 0.373 e. The Labute approximate surface area is 187 Å². The molecule has 0 atom stereocenters. The smallest absolute Gasteiger partial charge is 0.373 e. The van der Waals surface area contributed by atoms with Crippen LogP contribution in [-0.2, 0) is 40.7 Å². The lowest BCUT2D eigenvalue weighted by Crippen LogP contribution is -2.36. The van der Waals surface area contributed by atoms with Gasteiger partial charge in [0.05, 0.1) is 19.8 Å². The second-order valence-corrected chi connectivity index (χ2v) is 7.37. The zero-order chi connectivity index (χ0) is 24.1. The largest absolute Gasteiger partial charge is 0.507 e. The number of carboxylic acids is 1.